The Morgan fingerprint density at radius 3 is 1.12 bits per heavy atom. The van der Waals surface area contributed by atoms with Gasteiger partial charge in [0.1, 0.15) is 0 Å². The molecule has 2 aliphatic rings. The second-order valence-corrected chi connectivity index (χ2v) is 15.7. The van der Waals surface area contributed by atoms with Crippen LogP contribution in [0.25, 0.3) is 22.3 Å². The number of piperidine rings is 2. The molecule has 4 nitrogen and oxygen atoms in total. The molecule has 262 valence electrons. The zero-order chi connectivity index (χ0) is 35.5. The first-order valence-corrected chi connectivity index (χ1v) is 18.9. The lowest BCUT2D eigenvalue weighted by atomic mass is 9.81. The Morgan fingerprint density at radius 1 is 0.520 bits per heavy atom. The van der Waals surface area contributed by atoms with E-state index < -0.39 is 0 Å². The molecule has 50 heavy (non-hydrogen) atoms. The van der Waals surface area contributed by atoms with Crippen LogP contribution in [0.5, 0.6) is 0 Å². The van der Waals surface area contributed by atoms with Gasteiger partial charge in [-0.3, -0.25) is 9.59 Å². The van der Waals surface area contributed by atoms with Gasteiger partial charge >= 0.3 is 0 Å². The van der Waals surface area contributed by atoms with Gasteiger partial charge in [-0.25, -0.2) is 0 Å². The molecule has 0 atom stereocenters. The van der Waals surface area contributed by atoms with Crippen LogP contribution < -0.4 is 0 Å². The maximum atomic E-state index is 13.4. The minimum atomic E-state index is 0.160. The summed E-state index contributed by atoms with van der Waals surface area (Å²) in [5.41, 5.74) is 14.2. The molecular weight excluding hydrogens is 613 g/mol. The molecule has 6 rings (SSSR count). The van der Waals surface area contributed by atoms with Gasteiger partial charge in [0.2, 0.25) is 0 Å². The van der Waals surface area contributed by atoms with E-state index in [1.54, 1.807) is 0 Å². The van der Waals surface area contributed by atoms with Crippen molar-refractivity contribution in [1.29, 1.82) is 0 Å². The molecule has 0 spiro atoms. The smallest absolute Gasteiger partial charge is 0.253 e. The molecule has 0 aliphatic carbocycles. The number of carbonyl (C=O) groups excluding carboxylic acids is 2. The summed E-state index contributed by atoms with van der Waals surface area (Å²) in [6, 6.07) is 25.3. The molecule has 2 fully saturated rings. The Hall–Kier alpha value is -4.18. The minimum Gasteiger partial charge on any atom is -0.339 e. The van der Waals surface area contributed by atoms with Crippen LogP contribution in [0.2, 0.25) is 0 Å². The highest BCUT2D eigenvalue weighted by molar-refractivity contribution is 5.95. The Kier molecular flexibility index (Phi) is 11.0. The third-order valence-corrected chi connectivity index (χ3v) is 12.1. The predicted octanol–water partition coefficient (Wildman–Crippen LogP) is 10.7. The van der Waals surface area contributed by atoms with Crippen LogP contribution in [0.4, 0.5) is 0 Å². The molecule has 0 aromatic heterocycles. The maximum Gasteiger partial charge on any atom is 0.253 e. The molecule has 2 amide bonds. The van der Waals surface area contributed by atoms with E-state index in [0.29, 0.717) is 17.8 Å². The standard InChI is InChI=1S/C46H56N2O2/c1-30(24-37-16-20-47(21-17-37)45(49)41-12-8-39(9-13-41)43-26-31(2)35(6)32(3)27-43)25-38-18-22-48(23-19-38)46(50)42-14-10-40(11-15-42)44-28-33(4)36(7)34(5)29-44/h8-15,26-30,37-38H,16-25H2,1-7H3. The van der Waals surface area contributed by atoms with Gasteiger partial charge in [0.25, 0.3) is 11.8 Å². The molecule has 2 aliphatic heterocycles. The van der Waals surface area contributed by atoms with E-state index in [1.165, 1.54) is 57.3 Å². The first-order chi connectivity index (χ1) is 24.0. The van der Waals surface area contributed by atoms with Crippen molar-refractivity contribution in [2.24, 2.45) is 17.8 Å². The average Bonchev–Trinajstić information content (AvgIpc) is 3.12. The van der Waals surface area contributed by atoms with Crippen LogP contribution in [0, 0.1) is 59.3 Å². The van der Waals surface area contributed by atoms with Gasteiger partial charge in [0.15, 0.2) is 0 Å². The highest BCUT2D eigenvalue weighted by Crippen LogP contribution is 2.33. The fourth-order valence-corrected chi connectivity index (χ4v) is 8.36. The van der Waals surface area contributed by atoms with Gasteiger partial charge in [-0.1, -0.05) is 55.5 Å². The zero-order valence-electron chi connectivity index (χ0n) is 31.4. The van der Waals surface area contributed by atoms with Crippen molar-refractivity contribution < 1.29 is 9.59 Å². The maximum absolute atomic E-state index is 13.4. The molecule has 4 aromatic rings. The first kappa shape index (κ1) is 35.6. The summed E-state index contributed by atoms with van der Waals surface area (Å²) < 4.78 is 0. The summed E-state index contributed by atoms with van der Waals surface area (Å²) >= 11 is 0. The first-order valence-electron chi connectivity index (χ1n) is 18.9. The predicted molar refractivity (Wildman–Crippen MR) is 208 cm³/mol. The highest BCUT2D eigenvalue weighted by atomic mass is 16.2. The Bertz CT molecular complexity index is 1640. The fraction of sp³-hybridized carbons (Fsp3) is 0.435. The second kappa shape index (κ2) is 15.4. The topological polar surface area (TPSA) is 40.6 Å². The number of rotatable bonds is 8. The van der Waals surface area contributed by atoms with Crippen molar-refractivity contribution >= 4 is 11.8 Å². The van der Waals surface area contributed by atoms with E-state index in [-0.39, 0.29) is 11.8 Å². The lowest BCUT2D eigenvalue weighted by molar-refractivity contribution is 0.0665. The number of hydrogen-bond acceptors (Lipinski definition) is 2. The summed E-state index contributed by atoms with van der Waals surface area (Å²) in [5.74, 6) is 2.35. The molecule has 4 aromatic carbocycles. The van der Waals surface area contributed by atoms with Crippen molar-refractivity contribution in [3.8, 4) is 22.3 Å². The van der Waals surface area contributed by atoms with E-state index in [9.17, 15) is 9.59 Å². The summed E-state index contributed by atoms with van der Waals surface area (Å²) in [6.07, 6.45) is 6.82. The van der Waals surface area contributed by atoms with Crippen molar-refractivity contribution in [3.05, 3.63) is 117 Å². The van der Waals surface area contributed by atoms with Crippen molar-refractivity contribution in [2.45, 2.75) is 87.0 Å². The number of carbonyl (C=O) groups is 2. The van der Waals surface area contributed by atoms with Gasteiger partial charge in [-0.2, -0.15) is 0 Å². The van der Waals surface area contributed by atoms with Gasteiger partial charge in [-0.15, -0.1) is 0 Å². The van der Waals surface area contributed by atoms with Gasteiger partial charge in [-0.05, 0) is 178 Å². The molecule has 4 heteroatoms. The molecule has 0 unspecified atom stereocenters. The molecule has 0 radical (unpaired) electrons. The monoisotopic (exact) mass is 668 g/mol. The quantitative estimate of drug-likeness (QED) is 0.187. The van der Waals surface area contributed by atoms with E-state index >= 15 is 0 Å². The van der Waals surface area contributed by atoms with Crippen molar-refractivity contribution in [1.82, 2.24) is 9.80 Å². The third kappa shape index (κ3) is 8.06. The van der Waals surface area contributed by atoms with Crippen LogP contribution in [-0.4, -0.2) is 47.8 Å². The molecule has 0 bridgehead atoms. The van der Waals surface area contributed by atoms with E-state index in [1.807, 2.05) is 24.3 Å². The Labute approximate surface area is 300 Å². The van der Waals surface area contributed by atoms with Gasteiger partial charge < -0.3 is 9.80 Å². The summed E-state index contributed by atoms with van der Waals surface area (Å²) in [7, 11) is 0. The molecule has 0 N–H and O–H groups in total. The molecule has 0 saturated carbocycles. The number of amides is 2. The lowest BCUT2D eigenvalue weighted by Gasteiger charge is -2.35. The SMILES string of the molecule is Cc1cc(-c2ccc(C(=O)N3CCC(CC(C)CC4CCN(C(=O)c5ccc(-c6cc(C)c(C)c(C)c6)cc5)CC4)CC3)cc2)cc(C)c1C. The minimum absolute atomic E-state index is 0.160. The number of likely N-dealkylation sites (tertiary alicyclic amines) is 2. The molecular formula is C46H56N2O2. The van der Waals surface area contributed by atoms with Crippen LogP contribution in [0.1, 0.15) is 99.5 Å². The Balaban J connectivity index is 0.926. The zero-order valence-corrected chi connectivity index (χ0v) is 31.4. The van der Waals surface area contributed by atoms with Gasteiger partial charge in [0, 0.05) is 37.3 Å². The normalized spacial score (nSPS) is 15.9. The third-order valence-electron chi connectivity index (χ3n) is 12.1. The van der Waals surface area contributed by atoms with Crippen molar-refractivity contribution in [2.75, 3.05) is 26.2 Å². The second-order valence-electron chi connectivity index (χ2n) is 15.7. The summed E-state index contributed by atoms with van der Waals surface area (Å²) in [5, 5.41) is 0. The largest absolute Gasteiger partial charge is 0.339 e. The van der Waals surface area contributed by atoms with Crippen LogP contribution in [0.15, 0.2) is 72.8 Å². The van der Waals surface area contributed by atoms with Crippen LogP contribution >= 0.6 is 0 Å². The van der Waals surface area contributed by atoms with Crippen LogP contribution in [0.3, 0.4) is 0 Å². The van der Waals surface area contributed by atoms with E-state index in [0.717, 1.165) is 74.1 Å². The van der Waals surface area contributed by atoms with Crippen molar-refractivity contribution in [3.63, 3.8) is 0 Å². The fourth-order valence-electron chi connectivity index (χ4n) is 8.36. The Morgan fingerprint density at radius 2 is 0.820 bits per heavy atom. The lowest BCUT2D eigenvalue weighted by Crippen LogP contribution is -2.39. The number of aryl methyl sites for hydroxylation is 4. The number of nitrogens with zero attached hydrogens (tertiary/aromatic N) is 2. The number of hydrogen-bond donors (Lipinski definition) is 0. The van der Waals surface area contributed by atoms with Crippen LogP contribution in [-0.2, 0) is 0 Å². The van der Waals surface area contributed by atoms with E-state index in [2.05, 4.69) is 107 Å². The number of benzene rings is 4. The van der Waals surface area contributed by atoms with E-state index in [4.69, 9.17) is 0 Å². The average molecular weight is 669 g/mol. The summed E-state index contributed by atoms with van der Waals surface area (Å²) in [4.78, 5) is 30.8. The van der Waals surface area contributed by atoms with Gasteiger partial charge in [0.05, 0.1) is 0 Å². The molecule has 2 saturated heterocycles. The highest BCUT2D eigenvalue weighted by Gasteiger charge is 2.28. The molecule has 2 heterocycles. The summed E-state index contributed by atoms with van der Waals surface area (Å²) in [6.45, 7) is 18.8.